The molecule has 0 fully saturated rings. The van der Waals surface area contributed by atoms with Gasteiger partial charge in [0.1, 0.15) is 29.6 Å². The van der Waals surface area contributed by atoms with E-state index in [-0.39, 0.29) is 30.2 Å². The number of rotatable bonds is 13. The highest BCUT2D eigenvalue weighted by molar-refractivity contribution is 6.00. The lowest BCUT2D eigenvalue weighted by Gasteiger charge is -2.34. The molecule has 6 nitrogen and oxygen atoms in total. The standard InChI is InChI=1S/C35H44O6/c1-10-35(11-2,26-13-16-31(24(4)19-26)41-22-33(37)34(5,6)7)25-12-15-30(23(3)18-25)40-21-29(36)28-20-27(38-8)14-17-32(28)39-9/h12-20H,10-11,21-22H2,1-9H3. The number of aryl methyl sites for hydroxylation is 2. The van der Waals surface area contributed by atoms with Gasteiger partial charge in [-0.25, -0.2) is 0 Å². The fourth-order valence-corrected chi connectivity index (χ4v) is 5.06. The van der Waals surface area contributed by atoms with Crippen molar-refractivity contribution in [1.82, 2.24) is 0 Å². The Morgan fingerprint density at radius 1 is 0.683 bits per heavy atom. The molecule has 0 amide bonds. The Kier molecular flexibility index (Phi) is 10.2. The van der Waals surface area contributed by atoms with Gasteiger partial charge in [-0.1, -0.05) is 58.9 Å². The van der Waals surface area contributed by atoms with E-state index < -0.39 is 5.41 Å². The number of methoxy groups -OCH3 is 2. The van der Waals surface area contributed by atoms with Crippen LogP contribution in [-0.2, 0) is 10.2 Å². The summed E-state index contributed by atoms with van der Waals surface area (Å²) in [4.78, 5) is 25.3. The fraction of sp³-hybridized carbons (Fsp3) is 0.429. The summed E-state index contributed by atoms with van der Waals surface area (Å²) in [5.41, 5.74) is 4.11. The average Bonchev–Trinajstić information content (AvgIpc) is 2.96. The normalized spacial score (nSPS) is 11.6. The number of carbonyl (C=O) groups excluding carboxylic acids is 2. The van der Waals surface area contributed by atoms with E-state index >= 15 is 0 Å². The van der Waals surface area contributed by atoms with Gasteiger partial charge in [0.05, 0.1) is 19.8 Å². The van der Waals surface area contributed by atoms with Crippen LogP contribution in [0, 0.1) is 19.3 Å². The third kappa shape index (κ3) is 7.10. The van der Waals surface area contributed by atoms with Crippen LogP contribution >= 0.6 is 0 Å². The summed E-state index contributed by atoms with van der Waals surface area (Å²) in [6.07, 6.45) is 1.80. The van der Waals surface area contributed by atoms with Crippen LogP contribution in [0.5, 0.6) is 23.0 Å². The molecule has 0 bridgehead atoms. The second kappa shape index (κ2) is 13.2. The first-order chi connectivity index (χ1) is 19.4. The molecule has 0 spiro atoms. The minimum absolute atomic E-state index is 0.0597. The first-order valence-electron chi connectivity index (χ1n) is 14.2. The van der Waals surface area contributed by atoms with Gasteiger partial charge in [-0.3, -0.25) is 9.59 Å². The van der Waals surface area contributed by atoms with Crippen molar-refractivity contribution < 1.29 is 28.5 Å². The van der Waals surface area contributed by atoms with E-state index in [1.165, 1.54) is 18.2 Å². The first-order valence-corrected chi connectivity index (χ1v) is 14.2. The molecule has 0 aliphatic heterocycles. The number of benzene rings is 3. The van der Waals surface area contributed by atoms with E-state index in [4.69, 9.17) is 18.9 Å². The molecule has 220 valence electrons. The van der Waals surface area contributed by atoms with Crippen molar-refractivity contribution in [2.45, 2.75) is 66.7 Å². The van der Waals surface area contributed by atoms with E-state index in [1.807, 2.05) is 46.8 Å². The SMILES string of the molecule is CCC(CC)(c1ccc(OCC(=O)c2cc(OC)ccc2OC)c(C)c1)c1ccc(OCC(=O)C(C)(C)C)c(C)c1. The van der Waals surface area contributed by atoms with E-state index in [1.54, 1.807) is 25.3 Å². The summed E-state index contributed by atoms with van der Waals surface area (Å²) in [6.45, 7) is 14.1. The lowest BCUT2D eigenvalue weighted by atomic mass is 9.70. The Labute approximate surface area is 245 Å². The number of ether oxygens (including phenoxy) is 4. The highest BCUT2D eigenvalue weighted by atomic mass is 16.5. The second-order valence-electron chi connectivity index (χ2n) is 11.5. The quantitative estimate of drug-likeness (QED) is 0.200. The second-order valence-corrected chi connectivity index (χ2v) is 11.5. The lowest BCUT2D eigenvalue weighted by Crippen LogP contribution is -2.27. The van der Waals surface area contributed by atoms with Crippen LogP contribution < -0.4 is 18.9 Å². The molecule has 0 atom stereocenters. The van der Waals surface area contributed by atoms with Crippen LogP contribution in [0.2, 0.25) is 0 Å². The molecule has 3 aromatic carbocycles. The van der Waals surface area contributed by atoms with Crippen molar-refractivity contribution in [3.8, 4) is 23.0 Å². The van der Waals surface area contributed by atoms with Crippen molar-refractivity contribution >= 4 is 11.6 Å². The largest absolute Gasteiger partial charge is 0.497 e. The maximum atomic E-state index is 13.0. The summed E-state index contributed by atoms with van der Waals surface area (Å²) < 4.78 is 22.5. The van der Waals surface area contributed by atoms with Crippen LogP contribution in [0.15, 0.2) is 54.6 Å². The van der Waals surface area contributed by atoms with Crippen LogP contribution in [-0.4, -0.2) is 39.0 Å². The molecule has 0 N–H and O–H groups in total. The van der Waals surface area contributed by atoms with Crippen molar-refractivity contribution in [1.29, 1.82) is 0 Å². The van der Waals surface area contributed by atoms with Crippen molar-refractivity contribution in [2.75, 3.05) is 27.4 Å². The molecule has 0 saturated heterocycles. The van der Waals surface area contributed by atoms with Gasteiger partial charge in [0.2, 0.25) is 5.78 Å². The van der Waals surface area contributed by atoms with Gasteiger partial charge < -0.3 is 18.9 Å². The highest BCUT2D eigenvalue weighted by Gasteiger charge is 2.32. The smallest absolute Gasteiger partial charge is 0.204 e. The highest BCUT2D eigenvalue weighted by Crippen LogP contribution is 2.41. The molecule has 0 aliphatic rings. The van der Waals surface area contributed by atoms with Gasteiger partial charge in [0.25, 0.3) is 0 Å². The third-order valence-electron chi connectivity index (χ3n) is 7.92. The Morgan fingerprint density at radius 3 is 1.63 bits per heavy atom. The zero-order valence-corrected chi connectivity index (χ0v) is 26.0. The molecule has 3 aromatic rings. The van der Waals surface area contributed by atoms with Crippen molar-refractivity contribution in [3.05, 3.63) is 82.4 Å². The van der Waals surface area contributed by atoms with Crippen LogP contribution in [0.4, 0.5) is 0 Å². The van der Waals surface area contributed by atoms with E-state index in [2.05, 4.69) is 38.1 Å². The number of ketones is 2. The van der Waals surface area contributed by atoms with Crippen molar-refractivity contribution in [2.24, 2.45) is 5.41 Å². The van der Waals surface area contributed by atoms with Gasteiger partial charge in [0.15, 0.2) is 12.4 Å². The van der Waals surface area contributed by atoms with Crippen molar-refractivity contribution in [3.63, 3.8) is 0 Å². The van der Waals surface area contributed by atoms with Gasteiger partial charge in [0, 0.05) is 10.8 Å². The number of hydrogen-bond donors (Lipinski definition) is 0. The van der Waals surface area contributed by atoms with Crippen LogP contribution in [0.25, 0.3) is 0 Å². The Bertz CT molecular complexity index is 1380. The molecule has 0 unspecified atom stereocenters. The van der Waals surface area contributed by atoms with Gasteiger partial charge in [-0.15, -0.1) is 0 Å². The molecular weight excluding hydrogens is 516 g/mol. The zero-order valence-electron chi connectivity index (χ0n) is 26.0. The maximum Gasteiger partial charge on any atom is 0.204 e. The first kappa shape index (κ1) is 31.7. The maximum absolute atomic E-state index is 13.0. The molecule has 41 heavy (non-hydrogen) atoms. The Morgan fingerprint density at radius 2 is 1.20 bits per heavy atom. The van der Waals surface area contributed by atoms with E-state index in [0.29, 0.717) is 22.8 Å². The summed E-state index contributed by atoms with van der Waals surface area (Å²) >= 11 is 0. The molecule has 0 aromatic heterocycles. The van der Waals surface area contributed by atoms with Crippen LogP contribution in [0.1, 0.15) is 80.1 Å². The topological polar surface area (TPSA) is 71.1 Å². The fourth-order valence-electron chi connectivity index (χ4n) is 5.06. The predicted molar refractivity (Wildman–Crippen MR) is 163 cm³/mol. The lowest BCUT2D eigenvalue weighted by molar-refractivity contribution is -0.128. The minimum atomic E-state index is -0.434. The summed E-state index contributed by atoms with van der Waals surface area (Å²) in [7, 11) is 3.09. The van der Waals surface area contributed by atoms with E-state index in [0.717, 1.165) is 29.7 Å². The predicted octanol–water partition coefficient (Wildman–Crippen LogP) is 7.68. The minimum Gasteiger partial charge on any atom is -0.497 e. The average molecular weight is 561 g/mol. The molecule has 0 radical (unpaired) electrons. The Balaban J connectivity index is 1.82. The monoisotopic (exact) mass is 560 g/mol. The third-order valence-corrected chi connectivity index (χ3v) is 7.92. The zero-order chi connectivity index (χ0) is 30.4. The molecule has 0 aliphatic carbocycles. The molecule has 0 heterocycles. The molecule has 0 saturated carbocycles. The Hall–Kier alpha value is -3.80. The summed E-state index contributed by atoms with van der Waals surface area (Å²) in [5.74, 6) is 2.33. The molecule has 6 heteroatoms. The van der Waals surface area contributed by atoms with Crippen LogP contribution in [0.3, 0.4) is 0 Å². The number of carbonyl (C=O) groups is 2. The summed E-state index contributed by atoms with van der Waals surface area (Å²) in [5, 5.41) is 0. The molecule has 3 rings (SSSR count). The van der Waals surface area contributed by atoms with E-state index in [9.17, 15) is 9.59 Å². The van der Waals surface area contributed by atoms with Gasteiger partial charge in [-0.05, 0) is 79.3 Å². The molecular formula is C35H44O6. The number of Topliss-reactive ketones (excluding diaryl/α,β-unsaturated/α-hetero) is 2. The van der Waals surface area contributed by atoms with Gasteiger partial charge >= 0.3 is 0 Å². The number of hydrogen-bond acceptors (Lipinski definition) is 6. The van der Waals surface area contributed by atoms with Gasteiger partial charge in [-0.2, -0.15) is 0 Å². The summed E-state index contributed by atoms with van der Waals surface area (Å²) in [6, 6.07) is 17.6.